The molecule has 0 aromatic carbocycles. The van der Waals surface area contributed by atoms with Crippen molar-refractivity contribution in [3.05, 3.63) is 18.2 Å². The number of aliphatic hydroxyl groups is 1. The highest BCUT2D eigenvalue weighted by Crippen LogP contribution is 2.06. The Hall–Kier alpha value is -0.870. The SMILES string of the molecule is OCC1Cn2cncc2CN1. The fourth-order valence-electron chi connectivity index (χ4n) is 1.33. The van der Waals surface area contributed by atoms with Gasteiger partial charge in [0.2, 0.25) is 0 Å². The summed E-state index contributed by atoms with van der Waals surface area (Å²) in [5.74, 6) is 0. The Morgan fingerprint density at radius 3 is 3.55 bits per heavy atom. The summed E-state index contributed by atoms with van der Waals surface area (Å²) < 4.78 is 2.07. The molecule has 1 aliphatic rings. The number of aliphatic hydroxyl groups excluding tert-OH is 1. The zero-order chi connectivity index (χ0) is 7.68. The number of fused-ring (bicyclic) bond motifs is 1. The molecule has 0 radical (unpaired) electrons. The van der Waals surface area contributed by atoms with Gasteiger partial charge in [0.25, 0.3) is 0 Å². The highest BCUT2D eigenvalue weighted by Gasteiger charge is 2.15. The molecule has 11 heavy (non-hydrogen) atoms. The maximum absolute atomic E-state index is 8.86. The van der Waals surface area contributed by atoms with Crippen molar-refractivity contribution in [2.45, 2.75) is 19.1 Å². The topological polar surface area (TPSA) is 50.1 Å². The molecule has 2 N–H and O–H groups in total. The molecule has 0 spiro atoms. The molecule has 1 unspecified atom stereocenters. The minimum Gasteiger partial charge on any atom is -0.395 e. The van der Waals surface area contributed by atoms with Gasteiger partial charge in [-0.15, -0.1) is 0 Å². The second kappa shape index (κ2) is 2.64. The summed E-state index contributed by atoms with van der Waals surface area (Å²) in [6.45, 7) is 1.83. The standard InChI is InChI=1S/C7H11N3O/c11-4-6-3-10-5-8-1-7(10)2-9-6/h1,5-6,9,11H,2-4H2. The zero-order valence-electron chi connectivity index (χ0n) is 6.20. The molecule has 1 atom stereocenters. The van der Waals surface area contributed by atoms with Crippen molar-refractivity contribution in [1.82, 2.24) is 14.9 Å². The third kappa shape index (κ3) is 1.15. The zero-order valence-corrected chi connectivity index (χ0v) is 6.20. The summed E-state index contributed by atoms with van der Waals surface area (Å²) in [4.78, 5) is 4.01. The molecule has 0 bridgehead atoms. The molecule has 4 heteroatoms. The van der Waals surface area contributed by atoms with Crippen molar-refractivity contribution >= 4 is 0 Å². The summed E-state index contributed by atoms with van der Waals surface area (Å²) in [7, 11) is 0. The Morgan fingerprint density at radius 2 is 2.73 bits per heavy atom. The number of aromatic nitrogens is 2. The van der Waals surface area contributed by atoms with Crippen LogP contribution in [0.25, 0.3) is 0 Å². The largest absolute Gasteiger partial charge is 0.395 e. The fraction of sp³-hybridized carbons (Fsp3) is 0.571. The molecule has 1 aromatic heterocycles. The van der Waals surface area contributed by atoms with Crippen LogP contribution in [0.15, 0.2) is 12.5 Å². The van der Waals surface area contributed by atoms with E-state index in [1.54, 1.807) is 6.33 Å². The Bertz CT molecular complexity index is 246. The summed E-state index contributed by atoms with van der Waals surface area (Å²) in [6, 6.07) is 0.191. The van der Waals surface area contributed by atoms with Crippen LogP contribution in [0.1, 0.15) is 5.69 Å². The van der Waals surface area contributed by atoms with E-state index in [4.69, 9.17) is 5.11 Å². The molecule has 0 saturated heterocycles. The lowest BCUT2D eigenvalue weighted by molar-refractivity contribution is 0.216. The van der Waals surface area contributed by atoms with Crippen molar-refractivity contribution in [2.24, 2.45) is 0 Å². The number of hydrogen-bond acceptors (Lipinski definition) is 3. The van der Waals surface area contributed by atoms with Gasteiger partial charge in [0, 0.05) is 25.3 Å². The summed E-state index contributed by atoms with van der Waals surface area (Å²) in [6.07, 6.45) is 3.65. The first-order valence-corrected chi connectivity index (χ1v) is 3.73. The van der Waals surface area contributed by atoms with Gasteiger partial charge in [-0.2, -0.15) is 0 Å². The van der Waals surface area contributed by atoms with Gasteiger partial charge in [0.1, 0.15) is 0 Å². The first-order chi connectivity index (χ1) is 5.40. The maximum atomic E-state index is 8.86. The molecule has 0 aliphatic carbocycles. The van der Waals surface area contributed by atoms with Crippen molar-refractivity contribution in [2.75, 3.05) is 6.61 Å². The third-order valence-corrected chi connectivity index (χ3v) is 2.01. The molecule has 2 rings (SSSR count). The van der Waals surface area contributed by atoms with Crippen molar-refractivity contribution < 1.29 is 5.11 Å². The molecular formula is C7H11N3O. The van der Waals surface area contributed by atoms with Gasteiger partial charge in [0.15, 0.2) is 0 Å². The van der Waals surface area contributed by atoms with Gasteiger partial charge in [-0.3, -0.25) is 0 Å². The van der Waals surface area contributed by atoms with Gasteiger partial charge in [0.05, 0.1) is 18.6 Å². The highest BCUT2D eigenvalue weighted by atomic mass is 16.3. The summed E-state index contributed by atoms with van der Waals surface area (Å²) in [5.41, 5.74) is 1.19. The lowest BCUT2D eigenvalue weighted by Crippen LogP contribution is -2.40. The Balaban J connectivity index is 2.18. The Labute approximate surface area is 64.9 Å². The van der Waals surface area contributed by atoms with Crippen LogP contribution < -0.4 is 5.32 Å². The molecule has 1 aliphatic heterocycles. The third-order valence-electron chi connectivity index (χ3n) is 2.01. The predicted octanol–water partition coefficient (Wildman–Crippen LogP) is -0.653. The van der Waals surface area contributed by atoms with Crippen LogP contribution in [0.2, 0.25) is 0 Å². The van der Waals surface area contributed by atoms with E-state index in [9.17, 15) is 0 Å². The fourth-order valence-corrected chi connectivity index (χ4v) is 1.33. The average molecular weight is 153 g/mol. The van der Waals surface area contributed by atoms with Crippen LogP contribution in [-0.4, -0.2) is 27.3 Å². The van der Waals surface area contributed by atoms with E-state index >= 15 is 0 Å². The van der Waals surface area contributed by atoms with E-state index in [2.05, 4.69) is 14.9 Å². The maximum Gasteiger partial charge on any atom is 0.0949 e. The average Bonchev–Trinajstić information content (AvgIpc) is 2.50. The van der Waals surface area contributed by atoms with E-state index in [1.165, 1.54) is 5.69 Å². The van der Waals surface area contributed by atoms with Gasteiger partial charge >= 0.3 is 0 Å². The number of nitrogens with zero attached hydrogens (tertiary/aromatic N) is 2. The minimum atomic E-state index is 0.191. The Kier molecular flexibility index (Phi) is 1.63. The van der Waals surface area contributed by atoms with Crippen LogP contribution in [0, 0.1) is 0 Å². The van der Waals surface area contributed by atoms with Gasteiger partial charge in [-0.25, -0.2) is 4.98 Å². The van der Waals surface area contributed by atoms with Gasteiger partial charge in [-0.1, -0.05) is 0 Å². The molecule has 0 amide bonds. The Morgan fingerprint density at radius 1 is 1.82 bits per heavy atom. The summed E-state index contributed by atoms with van der Waals surface area (Å²) >= 11 is 0. The van der Waals surface area contributed by atoms with Crippen LogP contribution in [0.5, 0.6) is 0 Å². The lowest BCUT2D eigenvalue weighted by Gasteiger charge is -2.23. The number of nitrogens with one attached hydrogen (secondary N) is 1. The van der Waals surface area contributed by atoms with E-state index < -0.39 is 0 Å². The molecule has 4 nitrogen and oxygen atoms in total. The van der Waals surface area contributed by atoms with Crippen molar-refractivity contribution in [3.8, 4) is 0 Å². The van der Waals surface area contributed by atoms with Crippen molar-refractivity contribution in [3.63, 3.8) is 0 Å². The number of rotatable bonds is 1. The van der Waals surface area contributed by atoms with Gasteiger partial charge < -0.3 is 15.0 Å². The summed E-state index contributed by atoms with van der Waals surface area (Å²) in [5, 5.41) is 12.1. The second-order valence-corrected chi connectivity index (χ2v) is 2.80. The molecule has 0 saturated carbocycles. The van der Waals surface area contributed by atoms with E-state index in [0.29, 0.717) is 0 Å². The molecule has 0 fully saturated rings. The van der Waals surface area contributed by atoms with E-state index in [1.807, 2.05) is 6.20 Å². The molecule has 60 valence electrons. The molecule has 1 aromatic rings. The monoisotopic (exact) mass is 153 g/mol. The lowest BCUT2D eigenvalue weighted by atomic mass is 10.2. The van der Waals surface area contributed by atoms with Crippen LogP contribution in [0.4, 0.5) is 0 Å². The van der Waals surface area contributed by atoms with Crippen LogP contribution in [-0.2, 0) is 13.1 Å². The molecule has 2 heterocycles. The van der Waals surface area contributed by atoms with Crippen LogP contribution in [0.3, 0.4) is 0 Å². The van der Waals surface area contributed by atoms with Crippen molar-refractivity contribution in [1.29, 1.82) is 0 Å². The highest BCUT2D eigenvalue weighted by molar-refractivity contribution is 5.01. The first-order valence-electron chi connectivity index (χ1n) is 3.73. The van der Waals surface area contributed by atoms with E-state index in [-0.39, 0.29) is 12.6 Å². The normalized spacial score (nSPS) is 23.2. The van der Waals surface area contributed by atoms with E-state index in [0.717, 1.165) is 13.1 Å². The molecular weight excluding hydrogens is 142 g/mol. The van der Waals surface area contributed by atoms with Crippen LogP contribution >= 0.6 is 0 Å². The predicted molar refractivity (Wildman–Crippen MR) is 39.9 cm³/mol. The minimum absolute atomic E-state index is 0.191. The number of imidazole rings is 1. The first kappa shape index (κ1) is 6.82. The number of hydrogen-bond donors (Lipinski definition) is 2. The second-order valence-electron chi connectivity index (χ2n) is 2.80. The van der Waals surface area contributed by atoms with Gasteiger partial charge in [-0.05, 0) is 0 Å². The smallest absolute Gasteiger partial charge is 0.0949 e. The quantitative estimate of drug-likeness (QED) is 0.563.